The highest BCUT2D eigenvalue weighted by molar-refractivity contribution is 5.99. The number of likely N-dealkylation sites (N-methyl/N-ethyl adjacent to an activating group) is 1. The number of nitrogens with zero attached hydrogens (tertiary/aromatic N) is 3. The number of hydrogen-bond donors (Lipinski definition) is 2. The second-order valence-electron chi connectivity index (χ2n) is 9.34. The van der Waals surface area contributed by atoms with Gasteiger partial charge in [0.2, 0.25) is 5.91 Å². The van der Waals surface area contributed by atoms with Gasteiger partial charge in [-0.25, -0.2) is 13.8 Å². The number of aryl methyl sites for hydroxylation is 1. The molecule has 4 atom stereocenters. The number of benzene rings is 1. The second kappa shape index (κ2) is 10.9. The maximum Gasteiger partial charge on any atom is 0.416 e. The third-order valence-corrected chi connectivity index (χ3v) is 6.72. The SMILES string of the molecule is CCN(C(=O)C1CC(N[C@@H]2CCOC[C@H]2O)CN1c1cc(C(F)(F)F)cc(C)n1)c1ccc(F)c(F)c1. The molecule has 2 saturated heterocycles. The van der Waals surface area contributed by atoms with Gasteiger partial charge in [0.05, 0.1) is 18.3 Å². The Morgan fingerprint density at radius 1 is 1.24 bits per heavy atom. The van der Waals surface area contributed by atoms with Crippen LogP contribution in [0.4, 0.5) is 33.5 Å². The normalized spacial score (nSPS) is 24.4. The number of carbonyl (C=O) groups excluding carboxylic acids is 1. The van der Waals surface area contributed by atoms with Crippen molar-refractivity contribution in [3.8, 4) is 0 Å². The summed E-state index contributed by atoms with van der Waals surface area (Å²) in [6, 6.07) is 3.36. The van der Waals surface area contributed by atoms with Crippen LogP contribution in [-0.2, 0) is 15.7 Å². The van der Waals surface area contributed by atoms with Crippen LogP contribution in [0.25, 0.3) is 0 Å². The number of aromatic nitrogens is 1. The van der Waals surface area contributed by atoms with Crippen LogP contribution in [0, 0.1) is 18.6 Å². The largest absolute Gasteiger partial charge is 0.416 e. The van der Waals surface area contributed by atoms with E-state index in [1.807, 2.05) is 0 Å². The lowest BCUT2D eigenvalue weighted by Gasteiger charge is -2.31. The highest BCUT2D eigenvalue weighted by Crippen LogP contribution is 2.34. The van der Waals surface area contributed by atoms with E-state index < -0.39 is 41.4 Å². The van der Waals surface area contributed by atoms with Crippen molar-refractivity contribution < 1.29 is 36.6 Å². The average molecular weight is 529 g/mol. The molecule has 1 aromatic heterocycles. The Labute approximate surface area is 211 Å². The summed E-state index contributed by atoms with van der Waals surface area (Å²) in [5, 5.41) is 13.6. The van der Waals surface area contributed by atoms with Gasteiger partial charge in [0.15, 0.2) is 11.6 Å². The molecule has 202 valence electrons. The molecule has 12 heteroatoms. The molecule has 0 radical (unpaired) electrons. The standard InChI is InChI=1S/C25H29F5N4O3/c1-3-33(17-4-5-18(26)19(27)11-17)24(36)21-10-16(32-20-6-7-37-13-22(20)35)12-34(21)23-9-15(25(28,29)30)8-14(2)31-23/h4-5,8-9,11,16,20-22,32,35H,3,6-7,10,12-13H2,1-2H3/t16?,20-,21?,22-/m1/s1. The molecule has 2 unspecified atom stereocenters. The van der Waals surface area contributed by atoms with Crippen molar-refractivity contribution in [3.05, 3.63) is 53.2 Å². The third-order valence-electron chi connectivity index (χ3n) is 6.72. The van der Waals surface area contributed by atoms with Crippen molar-refractivity contribution in [1.29, 1.82) is 0 Å². The number of carbonyl (C=O) groups is 1. The molecule has 1 aromatic carbocycles. The van der Waals surface area contributed by atoms with E-state index in [2.05, 4.69) is 10.3 Å². The van der Waals surface area contributed by atoms with E-state index in [4.69, 9.17) is 4.74 Å². The molecule has 0 saturated carbocycles. The van der Waals surface area contributed by atoms with Crippen LogP contribution in [0.15, 0.2) is 30.3 Å². The third kappa shape index (κ3) is 6.02. The number of hydrogen-bond acceptors (Lipinski definition) is 6. The fraction of sp³-hybridized carbons (Fsp3) is 0.520. The summed E-state index contributed by atoms with van der Waals surface area (Å²) in [4.78, 5) is 20.8. The number of ether oxygens (including phenoxy) is 1. The summed E-state index contributed by atoms with van der Waals surface area (Å²) in [6.07, 6.45) is -4.62. The number of amides is 1. The van der Waals surface area contributed by atoms with Gasteiger partial charge in [-0.15, -0.1) is 0 Å². The average Bonchev–Trinajstić information content (AvgIpc) is 3.26. The molecule has 37 heavy (non-hydrogen) atoms. The van der Waals surface area contributed by atoms with Gasteiger partial charge >= 0.3 is 6.18 Å². The zero-order valence-corrected chi connectivity index (χ0v) is 20.4. The minimum Gasteiger partial charge on any atom is -0.389 e. The number of anilines is 2. The zero-order valence-electron chi connectivity index (χ0n) is 20.4. The number of nitrogens with one attached hydrogen (secondary N) is 1. The number of aliphatic hydroxyl groups excluding tert-OH is 1. The van der Waals surface area contributed by atoms with Crippen molar-refractivity contribution in [2.75, 3.05) is 36.1 Å². The topological polar surface area (TPSA) is 77.9 Å². The number of rotatable bonds is 6. The fourth-order valence-corrected chi connectivity index (χ4v) is 4.92. The Bertz CT molecular complexity index is 1130. The molecule has 7 nitrogen and oxygen atoms in total. The van der Waals surface area contributed by atoms with Crippen LogP contribution in [0.1, 0.15) is 31.0 Å². The molecule has 2 fully saturated rings. The minimum absolute atomic E-state index is 0.0103. The van der Waals surface area contributed by atoms with Gasteiger partial charge in [0, 0.05) is 49.2 Å². The van der Waals surface area contributed by atoms with E-state index in [1.165, 1.54) is 22.8 Å². The Morgan fingerprint density at radius 2 is 2.00 bits per heavy atom. The maximum absolute atomic E-state index is 13.9. The van der Waals surface area contributed by atoms with Crippen molar-refractivity contribution in [2.24, 2.45) is 0 Å². The van der Waals surface area contributed by atoms with Crippen LogP contribution in [-0.4, -0.2) is 66.5 Å². The number of aliphatic hydroxyl groups is 1. The molecule has 0 spiro atoms. The van der Waals surface area contributed by atoms with Crippen LogP contribution in [0.5, 0.6) is 0 Å². The van der Waals surface area contributed by atoms with Crippen molar-refractivity contribution in [2.45, 2.75) is 57.1 Å². The van der Waals surface area contributed by atoms with Crippen LogP contribution in [0.2, 0.25) is 0 Å². The lowest BCUT2D eigenvalue weighted by molar-refractivity contribution is -0.137. The molecular weight excluding hydrogens is 499 g/mol. The molecule has 2 aliphatic rings. The predicted octanol–water partition coefficient (Wildman–Crippen LogP) is 3.43. The summed E-state index contributed by atoms with van der Waals surface area (Å²) < 4.78 is 73.4. The minimum atomic E-state index is -4.60. The molecule has 1 amide bonds. The molecule has 2 aromatic rings. The van der Waals surface area contributed by atoms with E-state index in [0.29, 0.717) is 13.0 Å². The maximum atomic E-state index is 13.9. The first-order valence-electron chi connectivity index (χ1n) is 12.1. The highest BCUT2D eigenvalue weighted by Gasteiger charge is 2.42. The Morgan fingerprint density at radius 3 is 2.65 bits per heavy atom. The summed E-state index contributed by atoms with van der Waals surface area (Å²) in [5.41, 5.74) is -0.610. The first-order valence-corrected chi connectivity index (χ1v) is 12.1. The van der Waals surface area contributed by atoms with Crippen molar-refractivity contribution in [3.63, 3.8) is 0 Å². The first kappa shape index (κ1) is 27.2. The summed E-state index contributed by atoms with van der Waals surface area (Å²) in [5.74, 6) is -2.67. The summed E-state index contributed by atoms with van der Waals surface area (Å²) in [7, 11) is 0. The van der Waals surface area contributed by atoms with Crippen molar-refractivity contribution >= 4 is 17.4 Å². The van der Waals surface area contributed by atoms with Gasteiger partial charge in [0.1, 0.15) is 11.9 Å². The van der Waals surface area contributed by atoms with E-state index in [-0.39, 0.29) is 55.4 Å². The van der Waals surface area contributed by atoms with E-state index in [0.717, 1.165) is 24.3 Å². The summed E-state index contributed by atoms with van der Waals surface area (Å²) in [6.45, 7) is 3.99. The van der Waals surface area contributed by atoms with Gasteiger partial charge in [-0.1, -0.05) is 0 Å². The van der Waals surface area contributed by atoms with Crippen LogP contribution >= 0.6 is 0 Å². The van der Waals surface area contributed by atoms with Gasteiger partial charge in [-0.05, 0) is 51.0 Å². The van der Waals surface area contributed by atoms with Gasteiger partial charge in [-0.2, -0.15) is 13.2 Å². The highest BCUT2D eigenvalue weighted by atomic mass is 19.4. The lowest BCUT2D eigenvalue weighted by Crippen LogP contribution is -2.51. The van der Waals surface area contributed by atoms with E-state index >= 15 is 0 Å². The van der Waals surface area contributed by atoms with Crippen LogP contribution in [0.3, 0.4) is 0 Å². The number of alkyl halides is 3. The van der Waals surface area contributed by atoms with E-state index in [1.54, 1.807) is 6.92 Å². The van der Waals surface area contributed by atoms with Gasteiger partial charge in [-0.3, -0.25) is 4.79 Å². The first-order chi connectivity index (χ1) is 17.5. The number of halogens is 5. The smallest absolute Gasteiger partial charge is 0.389 e. The number of pyridine rings is 1. The molecule has 0 bridgehead atoms. The van der Waals surface area contributed by atoms with Gasteiger partial charge < -0.3 is 25.0 Å². The Hall–Kier alpha value is -2.83. The van der Waals surface area contributed by atoms with Gasteiger partial charge in [0.25, 0.3) is 0 Å². The molecule has 2 aliphatic heterocycles. The lowest BCUT2D eigenvalue weighted by atomic mass is 10.0. The van der Waals surface area contributed by atoms with Crippen LogP contribution < -0.4 is 15.1 Å². The Balaban J connectivity index is 1.67. The molecular formula is C25H29F5N4O3. The van der Waals surface area contributed by atoms with Crippen molar-refractivity contribution in [1.82, 2.24) is 10.3 Å². The molecule has 3 heterocycles. The second-order valence-corrected chi connectivity index (χ2v) is 9.34. The van der Waals surface area contributed by atoms with E-state index in [9.17, 15) is 31.9 Å². The quantitative estimate of drug-likeness (QED) is 0.560. The monoisotopic (exact) mass is 528 g/mol. The summed E-state index contributed by atoms with van der Waals surface area (Å²) >= 11 is 0. The molecule has 0 aliphatic carbocycles. The predicted molar refractivity (Wildman–Crippen MR) is 126 cm³/mol. The zero-order chi connectivity index (χ0) is 26.9. The molecule has 2 N–H and O–H groups in total. The fourth-order valence-electron chi connectivity index (χ4n) is 4.92. The molecule has 4 rings (SSSR count). The Kier molecular flexibility index (Phi) is 8.00.